The fourth-order valence-corrected chi connectivity index (χ4v) is 5.20. The predicted octanol–water partition coefficient (Wildman–Crippen LogP) is 1.98. The van der Waals surface area contributed by atoms with Crippen LogP contribution in [0.3, 0.4) is 0 Å². The molecule has 6 heteroatoms. The lowest BCUT2D eigenvalue weighted by molar-refractivity contribution is 0.491. The maximum atomic E-state index is 11.6. The molecule has 2 heterocycles. The number of hydrogen-bond acceptors (Lipinski definition) is 4. The molecule has 0 aromatic carbocycles. The Balaban J connectivity index is 1.69. The van der Waals surface area contributed by atoms with Gasteiger partial charge in [-0.1, -0.05) is 12.8 Å². The maximum absolute atomic E-state index is 11.6. The van der Waals surface area contributed by atoms with E-state index in [1.807, 2.05) is 13.1 Å². The van der Waals surface area contributed by atoms with E-state index in [2.05, 4.69) is 14.9 Å². The third-order valence-corrected chi connectivity index (χ3v) is 6.20. The van der Waals surface area contributed by atoms with Crippen molar-refractivity contribution in [1.82, 2.24) is 9.55 Å². The van der Waals surface area contributed by atoms with Crippen molar-refractivity contribution >= 4 is 15.8 Å². The minimum absolute atomic E-state index is 0.234. The first-order chi connectivity index (χ1) is 9.52. The highest BCUT2D eigenvalue weighted by atomic mass is 32.2. The molecule has 1 N–H and O–H groups in total. The van der Waals surface area contributed by atoms with Crippen LogP contribution in [0.1, 0.15) is 37.8 Å². The van der Waals surface area contributed by atoms with Gasteiger partial charge in [-0.3, -0.25) is 0 Å². The number of aryl methyl sites for hydroxylation is 1. The Morgan fingerprint density at radius 1 is 1.35 bits per heavy atom. The zero-order valence-corrected chi connectivity index (χ0v) is 12.8. The Kier molecular flexibility index (Phi) is 3.75. The van der Waals surface area contributed by atoms with E-state index in [0.29, 0.717) is 17.5 Å². The highest BCUT2D eigenvalue weighted by molar-refractivity contribution is 7.91. The number of nitrogens with zero attached hydrogens (tertiary/aromatic N) is 2. The Bertz CT molecular complexity index is 573. The minimum atomic E-state index is -2.80. The summed E-state index contributed by atoms with van der Waals surface area (Å²) in [6, 6.07) is 0.530. The first-order valence-corrected chi connectivity index (χ1v) is 9.35. The molecule has 5 nitrogen and oxygen atoms in total. The third-order valence-electron chi connectivity index (χ3n) is 4.37. The molecule has 1 saturated heterocycles. The van der Waals surface area contributed by atoms with Crippen molar-refractivity contribution in [3.8, 4) is 0 Å². The second-order valence-electron chi connectivity index (χ2n) is 6.25. The molecule has 1 aromatic heterocycles. The molecular formula is C14H23N3O2S. The molecule has 1 aliphatic carbocycles. The van der Waals surface area contributed by atoms with Gasteiger partial charge in [-0.05, 0) is 32.1 Å². The maximum Gasteiger partial charge on any atom is 0.203 e. The number of anilines is 1. The van der Waals surface area contributed by atoms with Crippen LogP contribution in [0.25, 0.3) is 0 Å². The Labute approximate surface area is 120 Å². The summed E-state index contributed by atoms with van der Waals surface area (Å²) in [7, 11) is -2.80. The quantitative estimate of drug-likeness (QED) is 0.923. The predicted molar refractivity (Wildman–Crippen MR) is 79.6 cm³/mol. The van der Waals surface area contributed by atoms with Crippen LogP contribution in [0.2, 0.25) is 0 Å². The Hall–Kier alpha value is -1.04. The molecule has 1 aliphatic heterocycles. The Morgan fingerprint density at radius 2 is 2.10 bits per heavy atom. The summed E-state index contributed by atoms with van der Waals surface area (Å²) in [4.78, 5) is 4.55. The summed E-state index contributed by atoms with van der Waals surface area (Å²) >= 11 is 0. The fraction of sp³-hybridized carbons (Fsp3) is 0.786. The standard InChI is InChI=1S/C14H23N3O2S/c1-11-8-17(9-12-6-7-20(18,19)10-12)14(15-11)16-13-4-2-3-5-13/h8,12-13H,2-7,9-10H2,1H3,(H,15,16). The van der Waals surface area contributed by atoms with Gasteiger partial charge in [-0.15, -0.1) is 0 Å². The molecular weight excluding hydrogens is 274 g/mol. The van der Waals surface area contributed by atoms with Crippen LogP contribution in [-0.2, 0) is 16.4 Å². The van der Waals surface area contributed by atoms with Crippen LogP contribution in [0, 0.1) is 12.8 Å². The molecule has 1 saturated carbocycles. The average Bonchev–Trinajstić information content (AvgIpc) is 3.04. The van der Waals surface area contributed by atoms with E-state index in [0.717, 1.165) is 24.6 Å². The summed E-state index contributed by atoms with van der Waals surface area (Å²) in [5.74, 6) is 1.82. The first-order valence-electron chi connectivity index (χ1n) is 7.52. The van der Waals surface area contributed by atoms with Gasteiger partial charge in [-0.25, -0.2) is 13.4 Å². The van der Waals surface area contributed by atoms with Crippen LogP contribution in [0.15, 0.2) is 6.20 Å². The molecule has 20 heavy (non-hydrogen) atoms. The second kappa shape index (κ2) is 5.39. The average molecular weight is 297 g/mol. The largest absolute Gasteiger partial charge is 0.353 e. The fourth-order valence-electron chi connectivity index (χ4n) is 3.35. The number of hydrogen-bond donors (Lipinski definition) is 1. The van der Waals surface area contributed by atoms with E-state index < -0.39 is 9.84 Å². The summed E-state index contributed by atoms with van der Waals surface area (Å²) in [6.45, 7) is 2.75. The van der Waals surface area contributed by atoms with Gasteiger partial charge in [0.05, 0.1) is 17.2 Å². The third kappa shape index (κ3) is 3.16. The highest BCUT2D eigenvalue weighted by Crippen LogP contribution is 2.25. The molecule has 0 amide bonds. The normalized spacial score (nSPS) is 26.1. The zero-order chi connectivity index (χ0) is 14.2. The van der Waals surface area contributed by atoms with Crippen molar-refractivity contribution in [2.24, 2.45) is 5.92 Å². The topological polar surface area (TPSA) is 64.0 Å². The van der Waals surface area contributed by atoms with E-state index in [4.69, 9.17) is 0 Å². The molecule has 2 fully saturated rings. The summed E-state index contributed by atoms with van der Waals surface area (Å²) < 4.78 is 25.2. The molecule has 1 atom stereocenters. The molecule has 0 radical (unpaired) electrons. The minimum Gasteiger partial charge on any atom is -0.353 e. The van der Waals surface area contributed by atoms with Gasteiger partial charge in [0, 0.05) is 18.8 Å². The number of nitrogens with one attached hydrogen (secondary N) is 1. The smallest absolute Gasteiger partial charge is 0.203 e. The molecule has 112 valence electrons. The lowest BCUT2D eigenvalue weighted by Gasteiger charge is -2.16. The van der Waals surface area contributed by atoms with Gasteiger partial charge in [-0.2, -0.15) is 0 Å². The summed E-state index contributed by atoms with van der Waals surface area (Å²) in [6.07, 6.45) is 7.81. The SMILES string of the molecule is Cc1cn(CC2CCS(=O)(=O)C2)c(NC2CCCC2)n1. The van der Waals surface area contributed by atoms with Crippen LogP contribution in [0.5, 0.6) is 0 Å². The number of rotatable bonds is 4. The zero-order valence-electron chi connectivity index (χ0n) is 12.0. The van der Waals surface area contributed by atoms with Gasteiger partial charge >= 0.3 is 0 Å². The second-order valence-corrected chi connectivity index (χ2v) is 8.48. The molecule has 0 bridgehead atoms. The van der Waals surface area contributed by atoms with Crippen molar-refractivity contribution in [2.45, 2.75) is 51.6 Å². The van der Waals surface area contributed by atoms with Crippen molar-refractivity contribution in [3.63, 3.8) is 0 Å². The van der Waals surface area contributed by atoms with Gasteiger partial charge in [0.15, 0.2) is 9.84 Å². The van der Waals surface area contributed by atoms with Gasteiger partial charge in [0.2, 0.25) is 5.95 Å². The summed E-state index contributed by atoms with van der Waals surface area (Å²) in [5.41, 5.74) is 0.992. The molecule has 2 aliphatic rings. The number of imidazole rings is 1. The lowest BCUT2D eigenvalue weighted by atomic mass is 10.1. The Morgan fingerprint density at radius 3 is 2.75 bits per heavy atom. The summed E-state index contributed by atoms with van der Waals surface area (Å²) in [5, 5.41) is 3.53. The van der Waals surface area contributed by atoms with E-state index >= 15 is 0 Å². The lowest BCUT2D eigenvalue weighted by Crippen LogP contribution is -2.20. The van der Waals surface area contributed by atoms with Crippen molar-refractivity contribution < 1.29 is 8.42 Å². The number of aromatic nitrogens is 2. The van der Waals surface area contributed by atoms with Crippen LogP contribution < -0.4 is 5.32 Å². The molecule has 0 spiro atoms. The molecule has 3 rings (SSSR count). The van der Waals surface area contributed by atoms with Crippen molar-refractivity contribution in [1.29, 1.82) is 0 Å². The monoisotopic (exact) mass is 297 g/mol. The van der Waals surface area contributed by atoms with E-state index in [1.165, 1.54) is 25.7 Å². The number of sulfone groups is 1. The van der Waals surface area contributed by atoms with Crippen LogP contribution >= 0.6 is 0 Å². The van der Waals surface area contributed by atoms with Crippen molar-refractivity contribution in [3.05, 3.63) is 11.9 Å². The van der Waals surface area contributed by atoms with Gasteiger partial charge < -0.3 is 9.88 Å². The van der Waals surface area contributed by atoms with Gasteiger partial charge in [0.25, 0.3) is 0 Å². The van der Waals surface area contributed by atoms with Crippen molar-refractivity contribution in [2.75, 3.05) is 16.8 Å². The molecule has 1 aromatic rings. The van der Waals surface area contributed by atoms with E-state index in [-0.39, 0.29) is 5.92 Å². The van der Waals surface area contributed by atoms with Crippen LogP contribution in [0.4, 0.5) is 5.95 Å². The van der Waals surface area contributed by atoms with Gasteiger partial charge in [0.1, 0.15) is 0 Å². The molecule has 1 unspecified atom stereocenters. The van der Waals surface area contributed by atoms with Crippen LogP contribution in [-0.4, -0.2) is 35.5 Å². The first kappa shape index (κ1) is 13.9. The van der Waals surface area contributed by atoms with E-state index in [9.17, 15) is 8.42 Å². The van der Waals surface area contributed by atoms with E-state index in [1.54, 1.807) is 0 Å². The highest BCUT2D eigenvalue weighted by Gasteiger charge is 2.28.